The highest BCUT2D eigenvalue weighted by atomic mass is 32.1. The Balaban J connectivity index is 1.93. The highest BCUT2D eigenvalue weighted by Crippen LogP contribution is 2.14. The molecule has 1 aromatic heterocycles. The molecule has 16 heavy (non-hydrogen) atoms. The SMILES string of the molecule is C[C@@H](NCc1cncs1)c1ccc(F)cc1. The van der Waals surface area contributed by atoms with Gasteiger partial charge in [-0.15, -0.1) is 11.3 Å². The molecular weight excluding hydrogens is 223 g/mol. The third-order valence-electron chi connectivity index (χ3n) is 2.44. The molecule has 1 N–H and O–H groups in total. The molecule has 1 aromatic carbocycles. The summed E-state index contributed by atoms with van der Waals surface area (Å²) < 4.78 is 12.7. The number of hydrogen-bond donors (Lipinski definition) is 1. The van der Waals surface area contributed by atoms with E-state index >= 15 is 0 Å². The van der Waals surface area contributed by atoms with Crippen LogP contribution in [0.15, 0.2) is 36.0 Å². The van der Waals surface area contributed by atoms with Gasteiger partial charge in [0.1, 0.15) is 5.82 Å². The first kappa shape index (κ1) is 11.2. The molecule has 0 aliphatic heterocycles. The summed E-state index contributed by atoms with van der Waals surface area (Å²) in [4.78, 5) is 5.22. The van der Waals surface area contributed by atoms with Crippen molar-refractivity contribution in [2.75, 3.05) is 0 Å². The maximum atomic E-state index is 12.7. The smallest absolute Gasteiger partial charge is 0.123 e. The minimum Gasteiger partial charge on any atom is -0.305 e. The lowest BCUT2D eigenvalue weighted by Crippen LogP contribution is -2.17. The van der Waals surface area contributed by atoms with Gasteiger partial charge in [0, 0.05) is 23.7 Å². The Morgan fingerprint density at radius 1 is 1.38 bits per heavy atom. The fourth-order valence-corrected chi connectivity index (χ4v) is 2.00. The van der Waals surface area contributed by atoms with Crippen LogP contribution >= 0.6 is 11.3 Å². The van der Waals surface area contributed by atoms with E-state index < -0.39 is 0 Å². The van der Waals surface area contributed by atoms with E-state index in [1.165, 1.54) is 17.0 Å². The van der Waals surface area contributed by atoms with Crippen molar-refractivity contribution in [1.29, 1.82) is 0 Å². The lowest BCUT2D eigenvalue weighted by molar-refractivity contribution is 0.574. The zero-order valence-corrected chi connectivity index (χ0v) is 9.80. The number of benzene rings is 1. The van der Waals surface area contributed by atoms with Crippen LogP contribution in [0.5, 0.6) is 0 Å². The van der Waals surface area contributed by atoms with E-state index in [4.69, 9.17) is 0 Å². The van der Waals surface area contributed by atoms with Crippen LogP contribution in [0.2, 0.25) is 0 Å². The van der Waals surface area contributed by atoms with Crippen molar-refractivity contribution in [3.8, 4) is 0 Å². The number of aromatic nitrogens is 1. The van der Waals surface area contributed by atoms with E-state index in [1.54, 1.807) is 23.5 Å². The first-order chi connectivity index (χ1) is 7.75. The number of halogens is 1. The highest BCUT2D eigenvalue weighted by molar-refractivity contribution is 7.09. The van der Waals surface area contributed by atoms with Crippen LogP contribution in [0.1, 0.15) is 23.4 Å². The van der Waals surface area contributed by atoms with Gasteiger partial charge in [-0.1, -0.05) is 12.1 Å². The number of hydrogen-bond acceptors (Lipinski definition) is 3. The third kappa shape index (κ3) is 2.87. The Morgan fingerprint density at radius 3 is 2.75 bits per heavy atom. The average molecular weight is 236 g/mol. The minimum absolute atomic E-state index is 0.196. The summed E-state index contributed by atoms with van der Waals surface area (Å²) in [6, 6.07) is 6.79. The molecule has 0 spiro atoms. The number of nitrogens with zero attached hydrogens (tertiary/aromatic N) is 1. The number of thiazole rings is 1. The Kier molecular flexibility index (Phi) is 3.64. The lowest BCUT2D eigenvalue weighted by atomic mass is 10.1. The molecule has 84 valence electrons. The van der Waals surface area contributed by atoms with Crippen LogP contribution in [-0.2, 0) is 6.54 Å². The quantitative estimate of drug-likeness (QED) is 0.882. The maximum absolute atomic E-state index is 12.7. The fourth-order valence-electron chi connectivity index (χ4n) is 1.45. The van der Waals surface area contributed by atoms with Crippen LogP contribution in [0.4, 0.5) is 4.39 Å². The second-order valence-electron chi connectivity index (χ2n) is 3.62. The molecule has 0 unspecified atom stereocenters. The van der Waals surface area contributed by atoms with E-state index in [-0.39, 0.29) is 11.9 Å². The summed E-state index contributed by atoms with van der Waals surface area (Å²) in [5, 5.41) is 3.37. The van der Waals surface area contributed by atoms with Crippen LogP contribution in [0.3, 0.4) is 0 Å². The van der Waals surface area contributed by atoms with Crippen molar-refractivity contribution in [2.24, 2.45) is 0 Å². The molecule has 2 nitrogen and oxygen atoms in total. The molecule has 4 heteroatoms. The third-order valence-corrected chi connectivity index (χ3v) is 3.22. The summed E-state index contributed by atoms with van der Waals surface area (Å²) >= 11 is 1.63. The molecule has 0 aliphatic rings. The molecule has 0 amide bonds. The normalized spacial score (nSPS) is 12.6. The molecule has 0 saturated carbocycles. The van der Waals surface area contributed by atoms with Crippen molar-refractivity contribution in [1.82, 2.24) is 10.3 Å². The Bertz CT molecular complexity index is 425. The van der Waals surface area contributed by atoms with Gasteiger partial charge in [-0.3, -0.25) is 4.98 Å². The molecule has 1 heterocycles. The van der Waals surface area contributed by atoms with Gasteiger partial charge in [-0.25, -0.2) is 4.39 Å². The van der Waals surface area contributed by atoms with Crippen molar-refractivity contribution in [3.05, 3.63) is 52.2 Å². The van der Waals surface area contributed by atoms with E-state index in [2.05, 4.69) is 17.2 Å². The second-order valence-corrected chi connectivity index (χ2v) is 4.59. The fraction of sp³-hybridized carbons (Fsp3) is 0.250. The molecule has 0 radical (unpaired) electrons. The van der Waals surface area contributed by atoms with Crippen LogP contribution in [0.25, 0.3) is 0 Å². The van der Waals surface area contributed by atoms with Crippen LogP contribution in [-0.4, -0.2) is 4.98 Å². The number of rotatable bonds is 4. The van der Waals surface area contributed by atoms with Crippen molar-refractivity contribution < 1.29 is 4.39 Å². The molecule has 1 atom stereocenters. The van der Waals surface area contributed by atoms with E-state index in [0.29, 0.717) is 0 Å². The monoisotopic (exact) mass is 236 g/mol. The molecular formula is C12H13FN2S. The second kappa shape index (κ2) is 5.18. The Morgan fingerprint density at radius 2 is 2.12 bits per heavy atom. The van der Waals surface area contributed by atoms with Gasteiger partial charge < -0.3 is 5.32 Å². The molecule has 2 rings (SSSR count). The summed E-state index contributed by atoms with van der Waals surface area (Å²) in [5.41, 5.74) is 2.91. The van der Waals surface area contributed by atoms with Gasteiger partial charge >= 0.3 is 0 Å². The minimum atomic E-state index is -0.196. The molecule has 0 fully saturated rings. The predicted octanol–water partition coefficient (Wildman–Crippen LogP) is 3.13. The first-order valence-corrected chi connectivity index (χ1v) is 6.00. The topological polar surface area (TPSA) is 24.9 Å². The summed E-state index contributed by atoms with van der Waals surface area (Å²) in [6.07, 6.45) is 1.86. The average Bonchev–Trinajstić information content (AvgIpc) is 2.80. The first-order valence-electron chi connectivity index (χ1n) is 5.12. The molecule has 0 bridgehead atoms. The zero-order valence-electron chi connectivity index (χ0n) is 8.98. The largest absolute Gasteiger partial charge is 0.305 e. The van der Waals surface area contributed by atoms with Gasteiger partial charge in [0.15, 0.2) is 0 Å². The Labute approximate surface area is 98.2 Å². The van der Waals surface area contributed by atoms with Gasteiger partial charge in [0.2, 0.25) is 0 Å². The summed E-state index contributed by atoms with van der Waals surface area (Å²) in [7, 11) is 0. The van der Waals surface area contributed by atoms with Crippen molar-refractivity contribution >= 4 is 11.3 Å². The standard InChI is InChI=1S/C12H13FN2S/c1-9(10-2-4-11(13)5-3-10)15-7-12-6-14-8-16-12/h2-6,8-9,15H,7H2,1H3/t9-/m1/s1. The lowest BCUT2D eigenvalue weighted by Gasteiger charge is -2.13. The molecule has 2 aromatic rings. The van der Waals surface area contributed by atoms with Gasteiger partial charge in [0.05, 0.1) is 5.51 Å². The summed E-state index contributed by atoms with van der Waals surface area (Å²) in [5.74, 6) is -0.196. The van der Waals surface area contributed by atoms with Crippen LogP contribution in [0, 0.1) is 5.82 Å². The van der Waals surface area contributed by atoms with Crippen molar-refractivity contribution in [2.45, 2.75) is 19.5 Å². The highest BCUT2D eigenvalue weighted by Gasteiger charge is 2.05. The number of nitrogens with one attached hydrogen (secondary N) is 1. The van der Waals surface area contributed by atoms with Crippen molar-refractivity contribution in [3.63, 3.8) is 0 Å². The predicted molar refractivity (Wildman–Crippen MR) is 63.8 cm³/mol. The summed E-state index contributed by atoms with van der Waals surface area (Å²) in [6.45, 7) is 2.86. The van der Waals surface area contributed by atoms with Crippen LogP contribution < -0.4 is 5.32 Å². The zero-order chi connectivity index (χ0) is 11.4. The van der Waals surface area contributed by atoms with Gasteiger partial charge in [-0.05, 0) is 24.6 Å². The van der Waals surface area contributed by atoms with E-state index in [0.717, 1.165) is 12.1 Å². The van der Waals surface area contributed by atoms with Gasteiger partial charge in [-0.2, -0.15) is 0 Å². The maximum Gasteiger partial charge on any atom is 0.123 e. The Hall–Kier alpha value is -1.26. The molecule has 0 aliphatic carbocycles. The van der Waals surface area contributed by atoms with Gasteiger partial charge in [0.25, 0.3) is 0 Å². The van der Waals surface area contributed by atoms with E-state index in [1.807, 2.05) is 11.7 Å². The molecule has 0 saturated heterocycles. The van der Waals surface area contributed by atoms with E-state index in [9.17, 15) is 4.39 Å².